The van der Waals surface area contributed by atoms with Crippen LogP contribution in [-0.4, -0.2) is 57.1 Å². The summed E-state index contributed by atoms with van der Waals surface area (Å²) >= 11 is 0. The second-order valence-electron chi connectivity index (χ2n) is 7.59. The number of carboxylic acid groups (broad SMARTS) is 1. The first-order valence-electron chi connectivity index (χ1n) is 10.2. The number of carboxylic acids is 1. The number of rotatable bonds is 4. The summed E-state index contributed by atoms with van der Waals surface area (Å²) in [6.45, 7) is 4.30. The van der Waals surface area contributed by atoms with Crippen molar-refractivity contribution in [1.29, 1.82) is 0 Å². The number of fused-ring (bicyclic) bond motifs is 1. The number of hydrogen-bond acceptors (Lipinski definition) is 6. The lowest BCUT2D eigenvalue weighted by molar-refractivity contribution is 0.0697. The fourth-order valence-electron chi connectivity index (χ4n) is 3.86. The molecule has 162 valence electrons. The van der Waals surface area contributed by atoms with E-state index in [-0.39, 0.29) is 11.5 Å². The SMILES string of the molecule is Cc1ccccc1-c1cc2c(N3CCOCC3)nc(-n3cc(C(=O)O)cn3)nc2cc1F. The molecule has 2 aromatic heterocycles. The summed E-state index contributed by atoms with van der Waals surface area (Å²) in [6.07, 6.45) is 2.57. The Kier molecular flexibility index (Phi) is 5.02. The van der Waals surface area contributed by atoms with E-state index in [4.69, 9.17) is 9.72 Å². The molecule has 1 aliphatic rings. The Bertz CT molecular complexity index is 1330. The number of morpholine rings is 1. The molecule has 0 unspecified atom stereocenters. The standard InChI is InChI=1S/C23H20FN5O3/c1-14-4-2-3-5-16(14)17-10-18-20(11-19(17)24)26-23(29-13-15(12-25-29)22(30)31)27-21(18)28-6-8-32-9-7-28/h2-5,10-13H,6-9H2,1H3,(H,30,31). The van der Waals surface area contributed by atoms with E-state index < -0.39 is 11.8 Å². The average Bonchev–Trinajstić information content (AvgIpc) is 3.30. The van der Waals surface area contributed by atoms with E-state index in [1.54, 1.807) is 6.07 Å². The third-order valence-electron chi connectivity index (χ3n) is 5.53. The third kappa shape index (κ3) is 3.56. The molecule has 0 bridgehead atoms. The molecule has 4 aromatic rings. The van der Waals surface area contributed by atoms with Crippen LogP contribution in [0.2, 0.25) is 0 Å². The molecule has 1 saturated heterocycles. The molecule has 1 aliphatic heterocycles. The fraction of sp³-hybridized carbons (Fsp3) is 0.217. The van der Waals surface area contributed by atoms with Gasteiger partial charge < -0.3 is 14.7 Å². The molecule has 0 radical (unpaired) electrons. The van der Waals surface area contributed by atoms with Gasteiger partial charge in [-0.25, -0.2) is 18.9 Å². The lowest BCUT2D eigenvalue weighted by atomic mass is 9.98. The number of ether oxygens (including phenoxy) is 1. The van der Waals surface area contributed by atoms with Crippen LogP contribution in [0.4, 0.5) is 10.2 Å². The van der Waals surface area contributed by atoms with E-state index in [1.807, 2.05) is 31.2 Å². The lowest BCUT2D eigenvalue weighted by Crippen LogP contribution is -2.37. The summed E-state index contributed by atoms with van der Waals surface area (Å²) < 4.78 is 22.0. The number of nitrogens with zero attached hydrogens (tertiary/aromatic N) is 5. The van der Waals surface area contributed by atoms with E-state index in [9.17, 15) is 9.90 Å². The molecule has 0 aliphatic carbocycles. The zero-order valence-corrected chi connectivity index (χ0v) is 17.3. The van der Waals surface area contributed by atoms with Gasteiger partial charge in [-0.2, -0.15) is 10.1 Å². The zero-order chi connectivity index (χ0) is 22.2. The van der Waals surface area contributed by atoms with Crippen LogP contribution in [0.5, 0.6) is 0 Å². The Morgan fingerprint density at radius 2 is 1.91 bits per heavy atom. The molecule has 0 amide bonds. The first-order chi connectivity index (χ1) is 15.5. The van der Waals surface area contributed by atoms with Crippen LogP contribution in [0.15, 0.2) is 48.8 Å². The van der Waals surface area contributed by atoms with Crippen molar-refractivity contribution in [3.8, 4) is 17.1 Å². The predicted octanol–water partition coefficient (Wildman–Crippen LogP) is 3.46. The van der Waals surface area contributed by atoms with Crippen LogP contribution in [0.1, 0.15) is 15.9 Å². The van der Waals surface area contributed by atoms with Crippen molar-refractivity contribution in [3.05, 3.63) is 65.7 Å². The van der Waals surface area contributed by atoms with Gasteiger partial charge in [0.2, 0.25) is 0 Å². The molecule has 1 N–H and O–H groups in total. The maximum atomic E-state index is 15.2. The third-order valence-corrected chi connectivity index (χ3v) is 5.53. The number of carbonyl (C=O) groups is 1. The van der Waals surface area contributed by atoms with Gasteiger partial charge in [-0.15, -0.1) is 0 Å². The highest BCUT2D eigenvalue weighted by atomic mass is 19.1. The van der Waals surface area contributed by atoms with Gasteiger partial charge in [0.25, 0.3) is 5.95 Å². The number of aromatic carboxylic acids is 1. The van der Waals surface area contributed by atoms with Crippen molar-refractivity contribution in [3.63, 3.8) is 0 Å². The quantitative estimate of drug-likeness (QED) is 0.527. The smallest absolute Gasteiger partial charge is 0.338 e. The normalized spacial score (nSPS) is 14.1. The molecule has 0 saturated carbocycles. The minimum atomic E-state index is -1.10. The Morgan fingerprint density at radius 3 is 2.62 bits per heavy atom. The first kappa shape index (κ1) is 20.1. The van der Waals surface area contributed by atoms with E-state index in [1.165, 1.54) is 23.1 Å². The molecule has 2 aromatic carbocycles. The molecular weight excluding hydrogens is 413 g/mol. The van der Waals surface area contributed by atoms with Crippen LogP contribution in [0.25, 0.3) is 28.0 Å². The topological polar surface area (TPSA) is 93.4 Å². The Labute approximate surface area is 182 Å². The van der Waals surface area contributed by atoms with Crippen LogP contribution in [0.3, 0.4) is 0 Å². The van der Waals surface area contributed by atoms with E-state index in [2.05, 4.69) is 15.0 Å². The van der Waals surface area contributed by atoms with Gasteiger partial charge in [-0.05, 0) is 24.1 Å². The molecule has 0 atom stereocenters. The summed E-state index contributed by atoms with van der Waals surface area (Å²) in [5.74, 6) is -0.680. The van der Waals surface area contributed by atoms with Crippen LogP contribution in [-0.2, 0) is 4.74 Å². The summed E-state index contributed by atoms with van der Waals surface area (Å²) in [5.41, 5.74) is 2.69. The number of benzene rings is 2. The van der Waals surface area contributed by atoms with Crippen molar-refractivity contribution >= 4 is 22.7 Å². The Morgan fingerprint density at radius 1 is 1.12 bits per heavy atom. The van der Waals surface area contributed by atoms with E-state index in [0.29, 0.717) is 48.6 Å². The van der Waals surface area contributed by atoms with Gasteiger partial charge in [0.05, 0.1) is 30.5 Å². The van der Waals surface area contributed by atoms with Crippen molar-refractivity contribution in [2.24, 2.45) is 0 Å². The van der Waals surface area contributed by atoms with Crippen molar-refractivity contribution in [2.75, 3.05) is 31.2 Å². The average molecular weight is 433 g/mol. The molecule has 8 nitrogen and oxygen atoms in total. The number of anilines is 1. The summed E-state index contributed by atoms with van der Waals surface area (Å²) in [6, 6.07) is 10.8. The van der Waals surface area contributed by atoms with Gasteiger partial charge in [-0.1, -0.05) is 24.3 Å². The van der Waals surface area contributed by atoms with E-state index in [0.717, 1.165) is 11.1 Å². The van der Waals surface area contributed by atoms with Gasteiger partial charge >= 0.3 is 5.97 Å². The van der Waals surface area contributed by atoms with Crippen molar-refractivity contribution < 1.29 is 19.0 Å². The highest BCUT2D eigenvalue weighted by molar-refractivity contribution is 5.94. The zero-order valence-electron chi connectivity index (χ0n) is 17.3. The van der Waals surface area contributed by atoms with Crippen LogP contribution >= 0.6 is 0 Å². The summed E-state index contributed by atoms with van der Waals surface area (Å²) in [4.78, 5) is 22.5. The fourth-order valence-corrected chi connectivity index (χ4v) is 3.86. The summed E-state index contributed by atoms with van der Waals surface area (Å²) in [5, 5.41) is 14.0. The van der Waals surface area contributed by atoms with Crippen molar-refractivity contribution in [1.82, 2.24) is 19.7 Å². The van der Waals surface area contributed by atoms with Crippen molar-refractivity contribution in [2.45, 2.75) is 6.92 Å². The lowest BCUT2D eigenvalue weighted by Gasteiger charge is -2.29. The van der Waals surface area contributed by atoms with Gasteiger partial charge in [0.1, 0.15) is 11.6 Å². The Balaban J connectivity index is 1.72. The van der Waals surface area contributed by atoms with Gasteiger partial charge in [0.15, 0.2) is 0 Å². The number of halogens is 1. The number of aromatic nitrogens is 4. The Hall–Kier alpha value is -3.85. The number of hydrogen-bond donors (Lipinski definition) is 1. The van der Waals surface area contributed by atoms with Crippen LogP contribution < -0.4 is 4.90 Å². The predicted molar refractivity (Wildman–Crippen MR) is 117 cm³/mol. The second-order valence-corrected chi connectivity index (χ2v) is 7.59. The van der Waals surface area contributed by atoms with E-state index >= 15 is 4.39 Å². The molecule has 5 rings (SSSR count). The largest absolute Gasteiger partial charge is 0.478 e. The monoisotopic (exact) mass is 433 g/mol. The highest BCUT2D eigenvalue weighted by Gasteiger charge is 2.21. The van der Waals surface area contributed by atoms with Gasteiger partial charge in [0, 0.05) is 36.3 Å². The number of aryl methyl sites for hydroxylation is 1. The minimum Gasteiger partial charge on any atom is -0.478 e. The minimum absolute atomic E-state index is 0.0164. The highest BCUT2D eigenvalue weighted by Crippen LogP contribution is 2.33. The molecule has 0 spiro atoms. The maximum absolute atomic E-state index is 15.2. The maximum Gasteiger partial charge on any atom is 0.338 e. The molecule has 32 heavy (non-hydrogen) atoms. The van der Waals surface area contributed by atoms with Gasteiger partial charge in [-0.3, -0.25) is 0 Å². The molecular formula is C23H20FN5O3. The molecule has 3 heterocycles. The summed E-state index contributed by atoms with van der Waals surface area (Å²) in [7, 11) is 0. The first-order valence-corrected chi connectivity index (χ1v) is 10.2. The second kappa shape index (κ2) is 8.01. The molecule has 9 heteroatoms. The molecule has 1 fully saturated rings. The van der Waals surface area contributed by atoms with Crippen LogP contribution in [0, 0.1) is 12.7 Å².